The molecule has 162 valence electrons. The molecule has 0 unspecified atom stereocenters. The van der Waals surface area contributed by atoms with Crippen molar-refractivity contribution in [2.45, 2.75) is 0 Å². The van der Waals surface area contributed by atoms with Crippen molar-refractivity contribution in [1.29, 1.82) is 0 Å². The average molecular weight is 449 g/mol. The third-order valence-corrected chi connectivity index (χ3v) is 7.52. The third kappa shape index (κ3) is 2.14. The van der Waals surface area contributed by atoms with Crippen LogP contribution in [0.15, 0.2) is 101 Å². The number of hydrogen-bond acceptors (Lipinski definition) is 4. The fraction of sp³-hybridized carbons (Fsp3) is 0. The summed E-state index contributed by atoms with van der Waals surface area (Å²) in [4.78, 5) is 2.33. The predicted octanol–water partition coefficient (Wildman–Crippen LogP) is 6.10. The molecule has 9 rings (SSSR count). The molecule has 35 heavy (non-hydrogen) atoms. The van der Waals surface area contributed by atoms with Crippen LogP contribution in [0.3, 0.4) is 0 Å². The van der Waals surface area contributed by atoms with Crippen molar-refractivity contribution in [2.24, 2.45) is 0 Å². The molecule has 1 aromatic heterocycles. The molecular weight excluding hydrogens is 433 g/mol. The van der Waals surface area contributed by atoms with Gasteiger partial charge in [-0.3, -0.25) is 0 Å². The van der Waals surface area contributed by atoms with Gasteiger partial charge in [0.05, 0.1) is 0 Å². The van der Waals surface area contributed by atoms with E-state index in [0.717, 1.165) is 67.5 Å². The van der Waals surface area contributed by atoms with Crippen LogP contribution in [0, 0.1) is 0 Å². The lowest BCUT2D eigenvalue weighted by Gasteiger charge is -2.42. The largest absolute Gasteiger partial charge is 0.458 e. The first kappa shape index (κ1) is 17.8. The Kier molecular flexibility index (Phi) is 3.09. The van der Waals surface area contributed by atoms with E-state index >= 15 is 0 Å². The van der Waals surface area contributed by atoms with E-state index in [9.17, 15) is 0 Å². The fourth-order valence-electron chi connectivity index (χ4n) is 6.13. The summed E-state index contributed by atoms with van der Waals surface area (Å²) in [6.45, 7) is 0.0795. The number of furan rings is 1. The summed E-state index contributed by atoms with van der Waals surface area (Å²) in [6, 6.07) is 33.4. The summed E-state index contributed by atoms with van der Waals surface area (Å²) in [5, 5.41) is 2.23. The minimum absolute atomic E-state index is 0.0795. The van der Waals surface area contributed by atoms with Gasteiger partial charge in [0.1, 0.15) is 34.2 Å². The van der Waals surface area contributed by atoms with E-state index in [1.54, 1.807) is 0 Å². The number of rotatable bonds is 1. The SMILES string of the molecule is c1cc2c3c(c1)Oc1cccc4c1B3c1c(cccc1N4c1ccc3oc4ccccc4c3c1)O2. The van der Waals surface area contributed by atoms with Gasteiger partial charge >= 0.3 is 0 Å². The Labute approximate surface area is 201 Å². The number of para-hydroxylation sites is 1. The van der Waals surface area contributed by atoms with Crippen LogP contribution in [0.4, 0.5) is 17.1 Å². The highest BCUT2D eigenvalue weighted by Gasteiger charge is 2.47. The molecule has 0 saturated heterocycles. The summed E-state index contributed by atoms with van der Waals surface area (Å²) < 4.78 is 19.0. The molecule has 0 aliphatic carbocycles. The molecule has 0 atom stereocenters. The number of hydrogen-bond donors (Lipinski definition) is 0. The van der Waals surface area contributed by atoms with Gasteiger partial charge < -0.3 is 18.8 Å². The number of nitrogens with zero attached hydrogens (tertiary/aromatic N) is 1. The van der Waals surface area contributed by atoms with Crippen LogP contribution < -0.4 is 30.8 Å². The lowest BCUT2D eigenvalue weighted by molar-refractivity contribution is 0.464. The molecule has 0 fully saturated rings. The van der Waals surface area contributed by atoms with E-state index in [1.807, 2.05) is 30.3 Å². The van der Waals surface area contributed by atoms with Crippen LogP contribution in [-0.2, 0) is 0 Å². The third-order valence-electron chi connectivity index (χ3n) is 7.52. The minimum Gasteiger partial charge on any atom is -0.458 e. The lowest BCUT2D eigenvalue weighted by Crippen LogP contribution is -2.61. The molecule has 4 heterocycles. The highest BCUT2D eigenvalue weighted by Crippen LogP contribution is 2.45. The van der Waals surface area contributed by atoms with E-state index in [2.05, 4.69) is 71.6 Å². The zero-order valence-corrected chi connectivity index (χ0v) is 18.5. The molecule has 0 saturated carbocycles. The van der Waals surface area contributed by atoms with Gasteiger partial charge in [0.25, 0.3) is 6.71 Å². The second-order valence-corrected chi connectivity index (χ2v) is 9.30. The van der Waals surface area contributed by atoms with Crippen molar-refractivity contribution in [3.05, 3.63) is 97.1 Å². The first-order valence-corrected chi connectivity index (χ1v) is 11.8. The predicted molar refractivity (Wildman–Crippen MR) is 140 cm³/mol. The van der Waals surface area contributed by atoms with Gasteiger partial charge in [0, 0.05) is 33.3 Å². The Hall–Kier alpha value is -4.64. The van der Waals surface area contributed by atoms with Crippen LogP contribution in [0.5, 0.6) is 23.0 Å². The highest BCUT2D eigenvalue weighted by atomic mass is 16.5. The molecule has 5 aromatic carbocycles. The van der Waals surface area contributed by atoms with E-state index in [0.29, 0.717) is 0 Å². The normalized spacial score (nSPS) is 14.1. The Morgan fingerprint density at radius 1 is 0.514 bits per heavy atom. The molecule has 4 nitrogen and oxygen atoms in total. The monoisotopic (exact) mass is 449 g/mol. The molecule has 0 bridgehead atoms. The molecule has 3 aliphatic rings. The summed E-state index contributed by atoms with van der Waals surface area (Å²) in [5.74, 6) is 3.55. The summed E-state index contributed by atoms with van der Waals surface area (Å²) in [6.07, 6.45) is 0. The smallest absolute Gasteiger partial charge is 0.266 e. The summed E-state index contributed by atoms with van der Waals surface area (Å²) in [5.41, 5.74) is 8.62. The van der Waals surface area contributed by atoms with Crippen LogP contribution in [0.1, 0.15) is 0 Å². The number of ether oxygens (including phenoxy) is 2. The Morgan fingerprint density at radius 3 is 1.83 bits per heavy atom. The van der Waals surface area contributed by atoms with E-state index in [-0.39, 0.29) is 6.71 Å². The lowest BCUT2D eigenvalue weighted by atomic mass is 9.33. The average Bonchev–Trinajstić information content (AvgIpc) is 3.27. The standard InChI is InChI=1S/C30H16BNO3/c1-2-9-22-18(6-1)19-16-17(14-15-23(19)33-22)32-20-7-3-10-24-28(20)31-29-21(32)8-4-11-25(29)35-27-13-5-12-26(34-24)30(27)31/h1-16H. The Morgan fingerprint density at radius 2 is 1.11 bits per heavy atom. The molecule has 5 heteroatoms. The van der Waals surface area contributed by atoms with Gasteiger partial charge in [0.2, 0.25) is 0 Å². The molecule has 0 spiro atoms. The van der Waals surface area contributed by atoms with E-state index < -0.39 is 0 Å². The van der Waals surface area contributed by atoms with Gasteiger partial charge in [-0.05, 0) is 71.6 Å². The van der Waals surface area contributed by atoms with Crippen molar-refractivity contribution < 1.29 is 13.9 Å². The minimum atomic E-state index is 0.0795. The fourth-order valence-corrected chi connectivity index (χ4v) is 6.13. The topological polar surface area (TPSA) is 34.8 Å². The van der Waals surface area contributed by atoms with Crippen molar-refractivity contribution in [3.8, 4) is 23.0 Å². The first-order valence-electron chi connectivity index (χ1n) is 11.8. The van der Waals surface area contributed by atoms with Crippen LogP contribution in [0.25, 0.3) is 21.9 Å². The van der Waals surface area contributed by atoms with Crippen LogP contribution in [0.2, 0.25) is 0 Å². The molecule has 3 aliphatic heterocycles. The van der Waals surface area contributed by atoms with Gasteiger partial charge in [-0.1, -0.05) is 36.4 Å². The highest BCUT2D eigenvalue weighted by molar-refractivity contribution is 7.00. The molecule has 0 radical (unpaired) electrons. The number of benzene rings is 5. The molecular formula is C30H16BNO3. The number of anilines is 3. The molecule has 0 N–H and O–H groups in total. The van der Waals surface area contributed by atoms with Gasteiger partial charge in [-0.15, -0.1) is 0 Å². The van der Waals surface area contributed by atoms with Crippen molar-refractivity contribution in [2.75, 3.05) is 4.90 Å². The van der Waals surface area contributed by atoms with E-state index in [4.69, 9.17) is 13.9 Å². The maximum atomic E-state index is 6.43. The van der Waals surface area contributed by atoms with Crippen LogP contribution >= 0.6 is 0 Å². The van der Waals surface area contributed by atoms with Crippen LogP contribution in [-0.4, -0.2) is 6.71 Å². The Bertz CT molecular complexity index is 1810. The van der Waals surface area contributed by atoms with Crippen molar-refractivity contribution in [1.82, 2.24) is 0 Å². The van der Waals surface area contributed by atoms with Gasteiger partial charge in [0.15, 0.2) is 0 Å². The Balaban J connectivity index is 1.37. The maximum Gasteiger partial charge on any atom is 0.266 e. The quantitative estimate of drug-likeness (QED) is 0.284. The second kappa shape index (κ2) is 6.07. The van der Waals surface area contributed by atoms with Crippen molar-refractivity contribution >= 4 is 62.1 Å². The van der Waals surface area contributed by atoms with Gasteiger partial charge in [-0.2, -0.15) is 0 Å². The molecule has 0 amide bonds. The first-order chi connectivity index (χ1) is 17.3. The van der Waals surface area contributed by atoms with E-state index in [1.165, 1.54) is 10.9 Å². The van der Waals surface area contributed by atoms with Crippen molar-refractivity contribution in [3.63, 3.8) is 0 Å². The summed E-state index contributed by atoms with van der Waals surface area (Å²) in [7, 11) is 0. The molecule has 6 aromatic rings. The second-order valence-electron chi connectivity index (χ2n) is 9.30. The summed E-state index contributed by atoms with van der Waals surface area (Å²) >= 11 is 0. The maximum absolute atomic E-state index is 6.43. The zero-order valence-electron chi connectivity index (χ0n) is 18.5. The van der Waals surface area contributed by atoms with Gasteiger partial charge in [-0.25, -0.2) is 0 Å². The zero-order chi connectivity index (χ0) is 22.7. The number of fused-ring (bicyclic) bond motifs is 3.